The Bertz CT molecular complexity index is 299. The van der Waals surface area contributed by atoms with Crippen molar-refractivity contribution in [2.45, 2.75) is 44.8 Å². The summed E-state index contributed by atoms with van der Waals surface area (Å²) in [5, 5.41) is 20.0. The summed E-state index contributed by atoms with van der Waals surface area (Å²) in [4.78, 5) is 0. The van der Waals surface area contributed by atoms with E-state index in [0.717, 1.165) is 31.5 Å². The van der Waals surface area contributed by atoms with Crippen LogP contribution in [0.15, 0.2) is 12.3 Å². The van der Waals surface area contributed by atoms with Gasteiger partial charge in [0, 0.05) is 12.2 Å². The van der Waals surface area contributed by atoms with Crippen LogP contribution in [0, 0.1) is 5.92 Å². The molecule has 1 saturated carbocycles. The van der Waals surface area contributed by atoms with Crippen molar-refractivity contribution >= 4 is 0 Å². The lowest BCUT2D eigenvalue weighted by atomic mass is 9.87. The highest BCUT2D eigenvalue weighted by Crippen LogP contribution is 2.24. The second-order valence-corrected chi connectivity index (χ2v) is 4.83. The van der Waals surface area contributed by atoms with Crippen molar-refractivity contribution in [1.82, 2.24) is 15.5 Å². The molecule has 1 aromatic heterocycles. The summed E-state index contributed by atoms with van der Waals surface area (Å²) in [7, 11) is 0. The molecule has 3 N–H and O–H groups in total. The molecule has 1 aromatic rings. The Labute approximate surface area is 96.5 Å². The molecule has 1 heterocycles. The molecule has 0 bridgehead atoms. The number of rotatable bonds is 4. The van der Waals surface area contributed by atoms with Gasteiger partial charge in [-0.1, -0.05) is 6.42 Å². The molecule has 0 amide bonds. The Hall–Kier alpha value is -0.870. The molecule has 4 nitrogen and oxygen atoms in total. The fourth-order valence-electron chi connectivity index (χ4n) is 2.41. The van der Waals surface area contributed by atoms with Crippen LogP contribution in [0.4, 0.5) is 0 Å². The number of aromatic amines is 1. The maximum Gasteiger partial charge on any atom is 0.0543 e. The van der Waals surface area contributed by atoms with Gasteiger partial charge in [0.25, 0.3) is 0 Å². The van der Waals surface area contributed by atoms with E-state index in [1.807, 2.05) is 6.07 Å². The van der Waals surface area contributed by atoms with E-state index in [0.29, 0.717) is 12.0 Å². The first-order valence-corrected chi connectivity index (χ1v) is 6.16. The molecule has 4 heteroatoms. The van der Waals surface area contributed by atoms with E-state index in [2.05, 4.69) is 22.4 Å². The molecule has 1 aliphatic carbocycles. The summed E-state index contributed by atoms with van der Waals surface area (Å²) in [6.07, 6.45) is 6.02. The van der Waals surface area contributed by atoms with Crippen LogP contribution in [0.2, 0.25) is 0 Å². The molecule has 90 valence electrons. The van der Waals surface area contributed by atoms with Crippen LogP contribution in [0.5, 0.6) is 0 Å². The second-order valence-electron chi connectivity index (χ2n) is 4.83. The first kappa shape index (κ1) is 11.6. The minimum Gasteiger partial charge on any atom is -0.393 e. The van der Waals surface area contributed by atoms with Crippen molar-refractivity contribution in [2.75, 3.05) is 6.54 Å². The maximum atomic E-state index is 9.58. The zero-order chi connectivity index (χ0) is 11.4. The molecular weight excluding hydrogens is 202 g/mol. The Morgan fingerprint density at radius 3 is 3.19 bits per heavy atom. The standard InChI is InChI=1S/C12H21N3O/c1-9(12-5-6-14-15-12)13-8-10-3-2-4-11(16)7-10/h5-6,9-11,13,16H,2-4,7-8H2,1H3,(H,14,15). The first-order valence-electron chi connectivity index (χ1n) is 6.16. The molecule has 0 aliphatic heterocycles. The summed E-state index contributed by atoms with van der Waals surface area (Å²) in [6.45, 7) is 3.12. The van der Waals surface area contributed by atoms with Gasteiger partial charge in [0.2, 0.25) is 0 Å². The smallest absolute Gasteiger partial charge is 0.0543 e. The molecule has 3 unspecified atom stereocenters. The van der Waals surface area contributed by atoms with Crippen LogP contribution in [-0.2, 0) is 0 Å². The van der Waals surface area contributed by atoms with Crippen LogP contribution in [0.1, 0.15) is 44.3 Å². The van der Waals surface area contributed by atoms with Crippen molar-refractivity contribution in [3.63, 3.8) is 0 Å². The second kappa shape index (κ2) is 5.46. The Balaban J connectivity index is 1.74. The van der Waals surface area contributed by atoms with Gasteiger partial charge in [-0.05, 0) is 44.7 Å². The van der Waals surface area contributed by atoms with Gasteiger partial charge in [0.15, 0.2) is 0 Å². The van der Waals surface area contributed by atoms with E-state index < -0.39 is 0 Å². The minimum absolute atomic E-state index is 0.0805. The van der Waals surface area contributed by atoms with Gasteiger partial charge in [-0.2, -0.15) is 5.10 Å². The zero-order valence-electron chi connectivity index (χ0n) is 9.82. The number of aliphatic hydroxyl groups excluding tert-OH is 1. The Morgan fingerprint density at radius 2 is 2.50 bits per heavy atom. The van der Waals surface area contributed by atoms with E-state index in [-0.39, 0.29) is 6.10 Å². The third kappa shape index (κ3) is 3.06. The molecule has 16 heavy (non-hydrogen) atoms. The molecule has 0 spiro atoms. The zero-order valence-corrected chi connectivity index (χ0v) is 9.82. The van der Waals surface area contributed by atoms with Crippen molar-refractivity contribution < 1.29 is 5.11 Å². The fraction of sp³-hybridized carbons (Fsp3) is 0.750. The summed E-state index contributed by atoms with van der Waals surface area (Å²) in [6, 6.07) is 2.30. The summed E-state index contributed by atoms with van der Waals surface area (Å²) in [5.41, 5.74) is 1.12. The van der Waals surface area contributed by atoms with Crippen LogP contribution in [0.25, 0.3) is 0 Å². The molecule has 2 rings (SSSR count). The highest BCUT2D eigenvalue weighted by atomic mass is 16.3. The number of aliphatic hydroxyl groups is 1. The number of H-pyrrole nitrogens is 1. The van der Waals surface area contributed by atoms with Crippen molar-refractivity contribution in [3.8, 4) is 0 Å². The number of hydrogen-bond donors (Lipinski definition) is 3. The van der Waals surface area contributed by atoms with E-state index >= 15 is 0 Å². The quantitative estimate of drug-likeness (QED) is 0.726. The van der Waals surface area contributed by atoms with Crippen molar-refractivity contribution in [2.24, 2.45) is 5.92 Å². The summed E-state index contributed by atoms with van der Waals surface area (Å²) in [5.74, 6) is 0.620. The average molecular weight is 223 g/mol. The van der Waals surface area contributed by atoms with Gasteiger partial charge < -0.3 is 10.4 Å². The fourth-order valence-corrected chi connectivity index (χ4v) is 2.41. The summed E-state index contributed by atoms with van der Waals surface area (Å²) < 4.78 is 0. The van der Waals surface area contributed by atoms with E-state index in [1.54, 1.807) is 6.20 Å². The largest absolute Gasteiger partial charge is 0.393 e. The maximum absolute atomic E-state index is 9.58. The summed E-state index contributed by atoms with van der Waals surface area (Å²) >= 11 is 0. The average Bonchev–Trinajstić information content (AvgIpc) is 2.79. The lowest BCUT2D eigenvalue weighted by Gasteiger charge is -2.27. The SMILES string of the molecule is CC(NCC1CCCC(O)C1)c1ccn[nH]1. The van der Waals surface area contributed by atoms with Crippen molar-refractivity contribution in [3.05, 3.63) is 18.0 Å². The van der Waals surface area contributed by atoms with E-state index in [4.69, 9.17) is 0 Å². The number of nitrogens with one attached hydrogen (secondary N) is 2. The highest BCUT2D eigenvalue weighted by Gasteiger charge is 2.20. The van der Waals surface area contributed by atoms with E-state index in [1.165, 1.54) is 6.42 Å². The van der Waals surface area contributed by atoms with Crippen LogP contribution in [-0.4, -0.2) is 28.0 Å². The molecule has 3 atom stereocenters. The Kier molecular flexibility index (Phi) is 3.96. The molecular formula is C12H21N3O. The van der Waals surface area contributed by atoms with Crippen LogP contribution >= 0.6 is 0 Å². The van der Waals surface area contributed by atoms with Gasteiger partial charge in [-0.15, -0.1) is 0 Å². The topological polar surface area (TPSA) is 60.9 Å². The molecule has 0 radical (unpaired) electrons. The number of aromatic nitrogens is 2. The number of nitrogens with zero attached hydrogens (tertiary/aromatic N) is 1. The first-order chi connectivity index (χ1) is 7.75. The van der Waals surface area contributed by atoms with E-state index in [9.17, 15) is 5.11 Å². The van der Waals surface area contributed by atoms with Crippen LogP contribution < -0.4 is 5.32 Å². The normalized spacial score (nSPS) is 27.9. The lowest BCUT2D eigenvalue weighted by Crippen LogP contribution is -2.30. The Morgan fingerprint density at radius 1 is 1.62 bits per heavy atom. The monoisotopic (exact) mass is 223 g/mol. The third-order valence-corrected chi connectivity index (χ3v) is 3.46. The predicted molar refractivity (Wildman–Crippen MR) is 63.0 cm³/mol. The van der Waals surface area contributed by atoms with Gasteiger partial charge in [-0.25, -0.2) is 0 Å². The van der Waals surface area contributed by atoms with Gasteiger partial charge >= 0.3 is 0 Å². The third-order valence-electron chi connectivity index (χ3n) is 3.46. The molecule has 0 aromatic carbocycles. The van der Waals surface area contributed by atoms with Gasteiger partial charge in [-0.3, -0.25) is 5.10 Å². The lowest BCUT2D eigenvalue weighted by molar-refractivity contribution is 0.0997. The number of hydrogen-bond acceptors (Lipinski definition) is 3. The van der Waals surface area contributed by atoms with Gasteiger partial charge in [0.1, 0.15) is 0 Å². The highest BCUT2D eigenvalue weighted by molar-refractivity contribution is 5.02. The van der Waals surface area contributed by atoms with Crippen LogP contribution in [0.3, 0.4) is 0 Å². The van der Waals surface area contributed by atoms with Gasteiger partial charge in [0.05, 0.1) is 11.8 Å². The molecule has 0 saturated heterocycles. The predicted octanol–water partition coefficient (Wildman–Crippen LogP) is 1.61. The minimum atomic E-state index is -0.0805. The molecule has 1 fully saturated rings. The van der Waals surface area contributed by atoms with Crippen molar-refractivity contribution in [1.29, 1.82) is 0 Å². The molecule has 1 aliphatic rings.